The van der Waals surface area contributed by atoms with Gasteiger partial charge in [-0.25, -0.2) is 0 Å². The number of benzene rings is 1. The van der Waals surface area contributed by atoms with Crippen LogP contribution in [0.3, 0.4) is 0 Å². The van der Waals surface area contributed by atoms with E-state index in [2.05, 4.69) is 24.4 Å². The molecule has 0 bridgehead atoms. The van der Waals surface area contributed by atoms with Crippen LogP contribution in [0.1, 0.15) is 34.3 Å². The van der Waals surface area contributed by atoms with Gasteiger partial charge in [0.05, 0.1) is 38.9 Å². The number of aromatic nitrogens is 1. The molecule has 0 saturated carbocycles. The zero-order chi connectivity index (χ0) is 18.9. The van der Waals surface area contributed by atoms with Crippen molar-refractivity contribution in [2.45, 2.75) is 32.7 Å². The summed E-state index contributed by atoms with van der Waals surface area (Å²) in [6, 6.07) is 10.4. The normalized spacial score (nSPS) is 14.5. The summed E-state index contributed by atoms with van der Waals surface area (Å²) >= 11 is 0. The Labute approximate surface area is 156 Å². The molecule has 3 rings (SSSR count). The standard InChI is InChI=1S/C14H14N2O.C7H15NO/c1-10-3-5-13(6-4-10)16-14(17)12-7-11(2)8-15-9-12;1-8(2)7-3-5-9-6-4-7/h3-9H,1-2H3,(H,16,17);7H,3-6H2,1-2H3/p+1. The van der Waals surface area contributed by atoms with E-state index in [4.69, 9.17) is 4.74 Å². The summed E-state index contributed by atoms with van der Waals surface area (Å²) in [7, 11) is 4.44. The predicted molar refractivity (Wildman–Crippen MR) is 105 cm³/mol. The molecule has 0 aliphatic carbocycles. The van der Waals surface area contributed by atoms with Gasteiger partial charge < -0.3 is 15.0 Å². The summed E-state index contributed by atoms with van der Waals surface area (Å²) in [4.78, 5) is 17.5. The smallest absolute Gasteiger partial charge is 0.257 e. The second-order valence-corrected chi connectivity index (χ2v) is 7.04. The first-order valence-electron chi connectivity index (χ1n) is 9.13. The number of pyridine rings is 1. The van der Waals surface area contributed by atoms with Gasteiger partial charge in [0.15, 0.2) is 0 Å². The van der Waals surface area contributed by atoms with E-state index in [-0.39, 0.29) is 5.91 Å². The number of aryl methyl sites for hydroxylation is 2. The van der Waals surface area contributed by atoms with Crippen LogP contribution in [0.15, 0.2) is 42.7 Å². The fourth-order valence-corrected chi connectivity index (χ4v) is 2.79. The Kier molecular flexibility index (Phi) is 7.75. The highest BCUT2D eigenvalue weighted by atomic mass is 16.5. The number of carbonyl (C=O) groups is 1. The van der Waals surface area contributed by atoms with E-state index in [0.717, 1.165) is 30.5 Å². The summed E-state index contributed by atoms with van der Waals surface area (Å²) < 4.78 is 5.24. The molecule has 1 aromatic heterocycles. The highest BCUT2D eigenvalue weighted by molar-refractivity contribution is 6.04. The average molecular weight is 356 g/mol. The van der Waals surface area contributed by atoms with Gasteiger partial charge in [0.2, 0.25) is 0 Å². The molecular weight excluding hydrogens is 326 g/mol. The third kappa shape index (κ3) is 6.58. The van der Waals surface area contributed by atoms with Crippen LogP contribution in [0.5, 0.6) is 0 Å². The van der Waals surface area contributed by atoms with Gasteiger partial charge in [0, 0.05) is 30.9 Å². The molecular formula is C21H30N3O2+. The molecule has 5 nitrogen and oxygen atoms in total. The minimum absolute atomic E-state index is 0.134. The van der Waals surface area contributed by atoms with Crippen LogP contribution in [0.2, 0.25) is 0 Å². The lowest BCUT2D eigenvalue weighted by atomic mass is 10.1. The van der Waals surface area contributed by atoms with Gasteiger partial charge in [0.1, 0.15) is 0 Å². The molecule has 26 heavy (non-hydrogen) atoms. The molecule has 1 amide bonds. The summed E-state index contributed by atoms with van der Waals surface area (Å²) in [5.74, 6) is -0.134. The quantitative estimate of drug-likeness (QED) is 0.887. The lowest BCUT2D eigenvalue weighted by Crippen LogP contribution is -3.10. The number of ether oxygens (including phenoxy) is 1. The third-order valence-electron chi connectivity index (χ3n) is 4.48. The van der Waals surface area contributed by atoms with Crippen molar-refractivity contribution in [3.8, 4) is 0 Å². The first-order chi connectivity index (χ1) is 12.5. The first kappa shape index (κ1) is 20.1. The Hall–Kier alpha value is -2.24. The SMILES string of the molecule is C[NH+](C)C1CCOCC1.Cc1ccc(NC(=O)c2cncc(C)c2)cc1. The van der Waals surface area contributed by atoms with E-state index in [9.17, 15) is 4.79 Å². The molecule has 2 heterocycles. The van der Waals surface area contributed by atoms with E-state index in [1.54, 1.807) is 17.3 Å². The summed E-state index contributed by atoms with van der Waals surface area (Å²) in [5.41, 5.74) is 3.51. The van der Waals surface area contributed by atoms with Gasteiger partial charge in [-0.1, -0.05) is 17.7 Å². The molecule has 0 spiro atoms. The molecule has 1 saturated heterocycles. The van der Waals surface area contributed by atoms with Gasteiger partial charge in [-0.2, -0.15) is 0 Å². The number of rotatable bonds is 3. The van der Waals surface area contributed by atoms with E-state index in [1.165, 1.54) is 18.4 Å². The Morgan fingerprint density at radius 2 is 1.73 bits per heavy atom. The van der Waals surface area contributed by atoms with Crippen molar-refractivity contribution in [1.82, 2.24) is 4.98 Å². The third-order valence-corrected chi connectivity index (χ3v) is 4.48. The summed E-state index contributed by atoms with van der Waals surface area (Å²) in [6.07, 6.45) is 5.77. The number of quaternary nitrogens is 1. The maximum Gasteiger partial charge on any atom is 0.257 e. The monoisotopic (exact) mass is 356 g/mol. The minimum Gasteiger partial charge on any atom is -0.381 e. The van der Waals surface area contributed by atoms with E-state index in [0.29, 0.717) is 5.56 Å². The largest absolute Gasteiger partial charge is 0.381 e. The van der Waals surface area contributed by atoms with Crippen LogP contribution in [-0.2, 0) is 4.74 Å². The summed E-state index contributed by atoms with van der Waals surface area (Å²) in [6.45, 7) is 5.86. The predicted octanol–water partition coefficient (Wildman–Crippen LogP) is 2.26. The van der Waals surface area contributed by atoms with Crippen molar-refractivity contribution in [3.63, 3.8) is 0 Å². The fourth-order valence-electron chi connectivity index (χ4n) is 2.79. The van der Waals surface area contributed by atoms with Crippen LogP contribution in [0.4, 0.5) is 5.69 Å². The van der Waals surface area contributed by atoms with Gasteiger partial charge >= 0.3 is 0 Å². The first-order valence-corrected chi connectivity index (χ1v) is 9.13. The Bertz CT molecular complexity index is 693. The second-order valence-electron chi connectivity index (χ2n) is 7.04. The lowest BCUT2D eigenvalue weighted by Gasteiger charge is -2.24. The Morgan fingerprint density at radius 3 is 2.27 bits per heavy atom. The second kappa shape index (κ2) is 10.0. The van der Waals surface area contributed by atoms with Crippen LogP contribution in [0.25, 0.3) is 0 Å². The molecule has 0 unspecified atom stereocenters. The van der Waals surface area contributed by atoms with Gasteiger partial charge in [-0.05, 0) is 37.6 Å². The Morgan fingerprint density at radius 1 is 1.08 bits per heavy atom. The molecule has 0 radical (unpaired) electrons. The van der Waals surface area contributed by atoms with Crippen LogP contribution < -0.4 is 10.2 Å². The maximum atomic E-state index is 11.9. The van der Waals surface area contributed by atoms with Crippen LogP contribution in [-0.4, -0.2) is 44.2 Å². The van der Waals surface area contributed by atoms with Gasteiger partial charge in [-0.3, -0.25) is 9.78 Å². The van der Waals surface area contributed by atoms with Crippen molar-refractivity contribution >= 4 is 11.6 Å². The zero-order valence-corrected chi connectivity index (χ0v) is 16.2. The molecule has 140 valence electrons. The van der Waals surface area contributed by atoms with Gasteiger partial charge in [0.25, 0.3) is 5.91 Å². The molecule has 2 aromatic rings. The number of anilines is 1. The number of amides is 1. The average Bonchev–Trinajstić information content (AvgIpc) is 2.65. The van der Waals surface area contributed by atoms with Crippen molar-refractivity contribution in [1.29, 1.82) is 0 Å². The summed E-state index contributed by atoms with van der Waals surface area (Å²) in [5, 5.41) is 2.83. The number of hydrogen-bond donors (Lipinski definition) is 2. The highest BCUT2D eigenvalue weighted by Gasteiger charge is 2.17. The number of hydrogen-bond acceptors (Lipinski definition) is 3. The lowest BCUT2D eigenvalue weighted by molar-refractivity contribution is -0.887. The van der Waals surface area contributed by atoms with E-state index < -0.39 is 0 Å². The topological polar surface area (TPSA) is 55.7 Å². The Balaban J connectivity index is 0.000000228. The van der Waals surface area contributed by atoms with Crippen LogP contribution >= 0.6 is 0 Å². The van der Waals surface area contributed by atoms with E-state index in [1.807, 2.05) is 44.2 Å². The number of nitrogens with one attached hydrogen (secondary N) is 2. The molecule has 1 fully saturated rings. The van der Waals surface area contributed by atoms with Crippen molar-refractivity contribution in [2.24, 2.45) is 0 Å². The maximum absolute atomic E-state index is 11.9. The molecule has 1 aliphatic heterocycles. The highest BCUT2D eigenvalue weighted by Crippen LogP contribution is 2.11. The molecule has 1 aliphatic rings. The molecule has 1 aromatic carbocycles. The van der Waals surface area contributed by atoms with E-state index >= 15 is 0 Å². The fraction of sp³-hybridized carbons (Fsp3) is 0.429. The van der Waals surface area contributed by atoms with Gasteiger partial charge in [-0.15, -0.1) is 0 Å². The molecule has 5 heteroatoms. The number of nitrogens with zero attached hydrogens (tertiary/aromatic N) is 1. The van der Waals surface area contributed by atoms with Crippen molar-refractivity contribution in [2.75, 3.05) is 32.6 Å². The van der Waals surface area contributed by atoms with Crippen molar-refractivity contribution < 1.29 is 14.4 Å². The molecule has 2 N–H and O–H groups in total. The number of carbonyl (C=O) groups excluding carboxylic acids is 1. The minimum atomic E-state index is -0.134. The molecule has 0 atom stereocenters. The van der Waals surface area contributed by atoms with Crippen LogP contribution in [0, 0.1) is 13.8 Å². The van der Waals surface area contributed by atoms with Crippen molar-refractivity contribution in [3.05, 3.63) is 59.4 Å². The zero-order valence-electron chi connectivity index (χ0n) is 16.2.